The number of nitrogens with one attached hydrogen (secondary N) is 1. The summed E-state index contributed by atoms with van der Waals surface area (Å²) in [5.41, 5.74) is 1.38. The van der Waals surface area contributed by atoms with Crippen LogP contribution in [0.5, 0.6) is 0 Å². The molecule has 2 amide bonds. The highest BCUT2D eigenvalue weighted by Crippen LogP contribution is 2.07. The first kappa shape index (κ1) is 16.5. The van der Waals surface area contributed by atoms with E-state index < -0.39 is 11.9 Å². The van der Waals surface area contributed by atoms with E-state index in [1.807, 2.05) is 12.1 Å². The molecule has 6 heteroatoms. The molecule has 1 aromatic rings. The average Bonchev–Trinajstić information content (AvgIpc) is 2.47. The summed E-state index contributed by atoms with van der Waals surface area (Å²) in [6.07, 6.45) is 0.462. The Balaban J connectivity index is 2.54. The van der Waals surface area contributed by atoms with E-state index in [1.165, 1.54) is 4.90 Å². The molecule has 1 aromatic carbocycles. The van der Waals surface area contributed by atoms with Crippen molar-refractivity contribution in [2.24, 2.45) is 5.92 Å². The number of benzene rings is 1. The summed E-state index contributed by atoms with van der Waals surface area (Å²) in [6.45, 7) is 2.22. The number of amides is 2. The molecule has 1 unspecified atom stereocenters. The van der Waals surface area contributed by atoms with E-state index in [0.29, 0.717) is 18.5 Å². The standard InChI is InChI=1S/C15H19N3O3/c1-3-13(14(19)20)9-17-15(21)18(2)10-12-6-4-5-11(7-12)8-16/h4-7,13H,3,9-10H2,1-2H3,(H,17,21)(H,19,20). The molecule has 0 saturated heterocycles. The Kier molecular flexibility index (Phi) is 6.21. The summed E-state index contributed by atoms with van der Waals surface area (Å²) in [5.74, 6) is -1.49. The third-order valence-corrected chi connectivity index (χ3v) is 3.16. The summed E-state index contributed by atoms with van der Waals surface area (Å²) in [4.78, 5) is 24.2. The minimum Gasteiger partial charge on any atom is -0.481 e. The lowest BCUT2D eigenvalue weighted by Crippen LogP contribution is -2.40. The Morgan fingerprint density at radius 3 is 2.76 bits per heavy atom. The Labute approximate surface area is 124 Å². The first-order valence-electron chi connectivity index (χ1n) is 6.68. The van der Waals surface area contributed by atoms with E-state index in [1.54, 1.807) is 32.2 Å². The van der Waals surface area contributed by atoms with Crippen LogP contribution in [0.1, 0.15) is 24.5 Å². The SMILES string of the molecule is CCC(CNC(=O)N(C)Cc1cccc(C#N)c1)C(=O)O. The molecule has 0 bridgehead atoms. The molecule has 0 spiro atoms. The number of nitrogens with zero attached hydrogens (tertiary/aromatic N) is 2. The molecule has 6 nitrogen and oxygen atoms in total. The van der Waals surface area contributed by atoms with Crippen LogP contribution >= 0.6 is 0 Å². The van der Waals surface area contributed by atoms with Crippen LogP contribution in [0.3, 0.4) is 0 Å². The van der Waals surface area contributed by atoms with Crippen molar-refractivity contribution in [1.82, 2.24) is 10.2 Å². The second-order valence-corrected chi connectivity index (χ2v) is 4.80. The van der Waals surface area contributed by atoms with Crippen molar-refractivity contribution in [2.75, 3.05) is 13.6 Å². The van der Waals surface area contributed by atoms with Gasteiger partial charge in [-0.2, -0.15) is 5.26 Å². The van der Waals surface area contributed by atoms with Gasteiger partial charge >= 0.3 is 12.0 Å². The fraction of sp³-hybridized carbons (Fsp3) is 0.400. The minimum absolute atomic E-state index is 0.104. The average molecular weight is 289 g/mol. The maximum atomic E-state index is 11.9. The van der Waals surface area contributed by atoms with Crippen LogP contribution in [0.2, 0.25) is 0 Å². The number of rotatable bonds is 6. The summed E-state index contributed by atoms with van der Waals surface area (Å²) in [6, 6.07) is 8.72. The molecule has 0 fully saturated rings. The van der Waals surface area contributed by atoms with E-state index in [0.717, 1.165) is 5.56 Å². The number of urea groups is 1. The Morgan fingerprint density at radius 2 is 2.19 bits per heavy atom. The number of hydrogen-bond donors (Lipinski definition) is 2. The topological polar surface area (TPSA) is 93.4 Å². The van der Waals surface area contributed by atoms with Gasteiger partial charge in [0.2, 0.25) is 0 Å². The number of carboxylic acid groups (broad SMARTS) is 1. The van der Waals surface area contributed by atoms with Gasteiger partial charge in [0.05, 0.1) is 17.6 Å². The minimum atomic E-state index is -0.915. The second-order valence-electron chi connectivity index (χ2n) is 4.80. The molecule has 0 heterocycles. The highest BCUT2D eigenvalue weighted by molar-refractivity contribution is 5.75. The second kappa shape index (κ2) is 7.90. The highest BCUT2D eigenvalue weighted by Gasteiger charge is 2.17. The molecular weight excluding hydrogens is 270 g/mol. The van der Waals surface area contributed by atoms with Crippen molar-refractivity contribution < 1.29 is 14.7 Å². The molecule has 0 aliphatic carbocycles. The molecular formula is C15H19N3O3. The fourth-order valence-corrected chi connectivity index (χ4v) is 1.84. The van der Waals surface area contributed by atoms with Crippen LogP contribution < -0.4 is 5.32 Å². The van der Waals surface area contributed by atoms with E-state index >= 15 is 0 Å². The van der Waals surface area contributed by atoms with Gasteiger partial charge in [0, 0.05) is 20.1 Å². The largest absolute Gasteiger partial charge is 0.481 e. The van der Waals surface area contributed by atoms with Gasteiger partial charge < -0.3 is 15.3 Å². The van der Waals surface area contributed by atoms with E-state index in [4.69, 9.17) is 10.4 Å². The molecule has 0 aromatic heterocycles. The van der Waals surface area contributed by atoms with Crippen LogP contribution in [0.4, 0.5) is 4.79 Å². The van der Waals surface area contributed by atoms with Gasteiger partial charge in [0.1, 0.15) is 0 Å². The zero-order chi connectivity index (χ0) is 15.8. The fourth-order valence-electron chi connectivity index (χ4n) is 1.84. The number of carboxylic acids is 1. The quantitative estimate of drug-likeness (QED) is 0.835. The van der Waals surface area contributed by atoms with E-state index in [-0.39, 0.29) is 12.6 Å². The van der Waals surface area contributed by atoms with Gasteiger partial charge in [-0.15, -0.1) is 0 Å². The van der Waals surface area contributed by atoms with Crippen molar-refractivity contribution in [1.29, 1.82) is 5.26 Å². The smallest absolute Gasteiger partial charge is 0.317 e. The summed E-state index contributed by atoms with van der Waals surface area (Å²) < 4.78 is 0. The molecule has 1 rings (SSSR count). The molecule has 1 atom stereocenters. The van der Waals surface area contributed by atoms with Gasteiger partial charge in [0.25, 0.3) is 0 Å². The van der Waals surface area contributed by atoms with Crippen LogP contribution in [-0.2, 0) is 11.3 Å². The van der Waals surface area contributed by atoms with E-state index in [9.17, 15) is 9.59 Å². The molecule has 0 aliphatic rings. The highest BCUT2D eigenvalue weighted by atomic mass is 16.4. The lowest BCUT2D eigenvalue weighted by atomic mass is 10.1. The Hall–Kier alpha value is -2.55. The maximum absolute atomic E-state index is 11.9. The van der Waals surface area contributed by atoms with Gasteiger partial charge in [0.15, 0.2) is 0 Å². The molecule has 0 aliphatic heterocycles. The number of hydrogen-bond acceptors (Lipinski definition) is 3. The number of carbonyl (C=O) groups excluding carboxylic acids is 1. The summed E-state index contributed by atoms with van der Waals surface area (Å²) >= 11 is 0. The van der Waals surface area contributed by atoms with Crippen molar-refractivity contribution in [2.45, 2.75) is 19.9 Å². The van der Waals surface area contributed by atoms with Gasteiger partial charge in [-0.1, -0.05) is 19.1 Å². The zero-order valence-corrected chi connectivity index (χ0v) is 12.2. The van der Waals surface area contributed by atoms with Gasteiger partial charge in [-0.3, -0.25) is 4.79 Å². The third kappa shape index (κ3) is 5.15. The normalized spacial score (nSPS) is 11.3. The molecule has 0 radical (unpaired) electrons. The van der Waals surface area contributed by atoms with Crippen molar-refractivity contribution in [3.05, 3.63) is 35.4 Å². The molecule has 112 valence electrons. The van der Waals surface area contributed by atoms with Gasteiger partial charge in [-0.05, 0) is 24.1 Å². The zero-order valence-electron chi connectivity index (χ0n) is 12.2. The molecule has 0 saturated carbocycles. The van der Waals surface area contributed by atoms with Crippen LogP contribution in [0.15, 0.2) is 24.3 Å². The maximum Gasteiger partial charge on any atom is 0.317 e. The lowest BCUT2D eigenvalue weighted by molar-refractivity contribution is -0.141. The monoisotopic (exact) mass is 289 g/mol. The molecule has 21 heavy (non-hydrogen) atoms. The number of nitriles is 1. The molecule has 2 N–H and O–H groups in total. The third-order valence-electron chi connectivity index (χ3n) is 3.16. The predicted molar refractivity (Wildman–Crippen MR) is 77.4 cm³/mol. The Morgan fingerprint density at radius 1 is 1.48 bits per heavy atom. The first-order valence-corrected chi connectivity index (χ1v) is 6.68. The first-order chi connectivity index (χ1) is 9.97. The number of aliphatic carboxylic acids is 1. The Bertz CT molecular complexity index is 551. The summed E-state index contributed by atoms with van der Waals surface area (Å²) in [5, 5.41) is 20.4. The lowest BCUT2D eigenvalue weighted by Gasteiger charge is -2.19. The van der Waals surface area contributed by atoms with Crippen molar-refractivity contribution in [3.8, 4) is 6.07 Å². The van der Waals surface area contributed by atoms with Crippen LogP contribution in [0.25, 0.3) is 0 Å². The van der Waals surface area contributed by atoms with Crippen molar-refractivity contribution in [3.63, 3.8) is 0 Å². The van der Waals surface area contributed by atoms with Crippen molar-refractivity contribution >= 4 is 12.0 Å². The summed E-state index contributed by atoms with van der Waals surface area (Å²) in [7, 11) is 1.62. The van der Waals surface area contributed by atoms with Crippen LogP contribution in [-0.4, -0.2) is 35.6 Å². The predicted octanol–water partition coefficient (Wildman–Crippen LogP) is 1.81. The van der Waals surface area contributed by atoms with E-state index in [2.05, 4.69) is 5.32 Å². The number of carbonyl (C=O) groups is 2. The van der Waals surface area contributed by atoms with Crippen LogP contribution in [0, 0.1) is 17.2 Å². The van der Waals surface area contributed by atoms with Gasteiger partial charge in [-0.25, -0.2) is 4.79 Å².